The minimum atomic E-state index is -4.94. The summed E-state index contributed by atoms with van der Waals surface area (Å²) in [4.78, 5) is 15.6. The SMILES string of the molecule is CSc1nc(N)c([N+](=O)[O-])c(C(F)(F)F)n1. The highest BCUT2D eigenvalue weighted by molar-refractivity contribution is 7.98. The molecule has 0 saturated carbocycles. The Morgan fingerprint density at radius 2 is 2.00 bits per heavy atom. The molecule has 0 amide bonds. The summed E-state index contributed by atoms with van der Waals surface area (Å²) in [5.74, 6) is -0.795. The summed E-state index contributed by atoms with van der Waals surface area (Å²) in [6, 6.07) is 0. The van der Waals surface area contributed by atoms with Crippen LogP contribution in [0, 0.1) is 10.1 Å². The topological polar surface area (TPSA) is 94.9 Å². The number of nitrogens with zero attached hydrogens (tertiary/aromatic N) is 3. The lowest BCUT2D eigenvalue weighted by Gasteiger charge is -2.08. The van der Waals surface area contributed by atoms with Crippen LogP contribution < -0.4 is 5.73 Å². The van der Waals surface area contributed by atoms with Crippen molar-refractivity contribution in [2.45, 2.75) is 11.3 Å². The van der Waals surface area contributed by atoms with Gasteiger partial charge in [0.25, 0.3) is 0 Å². The molecule has 0 atom stereocenters. The Kier molecular flexibility index (Phi) is 3.21. The van der Waals surface area contributed by atoms with Gasteiger partial charge in [-0.2, -0.15) is 18.2 Å². The third-order valence-corrected chi connectivity index (χ3v) is 2.07. The maximum Gasteiger partial charge on any atom is 0.440 e. The fraction of sp³-hybridized carbons (Fsp3) is 0.333. The van der Waals surface area contributed by atoms with Crippen molar-refractivity contribution in [2.24, 2.45) is 0 Å². The van der Waals surface area contributed by atoms with Gasteiger partial charge in [-0.05, 0) is 6.26 Å². The molecular weight excluding hydrogens is 249 g/mol. The van der Waals surface area contributed by atoms with Crippen molar-refractivity contribution in [3.8, 4) is 0 Å². The van der Waals surface area contributed by atoms with E-state index in [1.54, 1.807) is 0 Å². The molecule has 1 rings (SSSR count). The second-order valence-electron chi connectivity index (χ2n) is 2.55. The van der Waals surface area contributed by atoms with Crippen LogP contribution in [0.4, 0.5) is 24.7 Å². The molecule has 0 radical (unpaired) electrons. The molecule has 0 aliphatic carbocycles. The first-order chi connectivity index (χ1) is 7.27. The van der Waals surface area contributed by atoms with E-state index in [2.05, 4.69) is 9.97 Å². The van der Waals surface area contributed by atoms with Gasteiger partial charge in [0.15, 0.2) is 5.16 Å². The number of alkyl halides is 3. The first-order valence-corrected chi connectivity index (χ1v) is 4.93. The maximum absolute atomic E-state index is 12.4. The highest BCUT2D eigenvalue weighted by Crippen LogP contribution is 2.37. The summed E-state index contributed by atoms with van der Waals surface area (Å²) in [5.41, 5.74) is 2.14. The van der Waals surface area contributed by atoms with Gasteiger partial charge < -0.3 is 5.73 Å². The first-order valence-electron chi connectivity index (χ1n) is 3.70. The lowest BCUT2D eigenvalue weighted by atomic mass is 10.3. The van der Waals surface area contributed by atoms with Crippen molar-refractivity contribution in [3.63, 3.8) is 0 Å². The largest absolute Gasteiger partial charge is 0.440 e. The van der Waals surface area contributed by atoms with Crippen molar-refractivity contribution >= 4 is 23.3 Å². The molecule has 1 aromatic heterocycles. The first kappa shape index (κ1) is 12.5. The normalized spacial score (nSPS) is 11.5. The van der Waals surface area contributed by atoms with Crippen molar-refractivity contribution in [3.05, 3.63) is 15.8 Å². The third kappa shape index (κ3) is 2.32. The van der Waals surface area contributed by atoms with Gasteiger partial charge in [0.1, 0.15) is 0 Å². The van der Waals surface area contributed by atoms with Gasteiger partial charge in [-0.1, -0.05) is 11.8 Å². The summed E-state index contributed by atoms with van der Waals surface area (Å²) < 4.78 is 37.3. The fourth-order valence-electron chi connectivity index (χ4n) is 0.920. The summed E-state index contributed by atoms with van der Waals surface area (Å²) in [7, 11) is 0. The Morgan fingerprint density at radius 3 is 2.38 bits per heavy atom. The van der Waals surface area contributed by atoms with E-state index in [-0.39, 0.29) is 5.16 Å². The van der Waals surface area contributed by atoms with Gasteiger partial charge in [0.05, 0.1) is 4.92 Å². The van der Waals surface area contributed by atoms with Crippen molar-refractivity contribution in [1.82, 2.24) is 9.97 Å². The highest BCUT2D eigenvalue weighted by Gasteiger charge is 2.42. The average Bonchev–Trinajstić information content (AvgIpc) is 2.14. The van der Waals surface area contributed by atoms with Crippen LogP contribution >= 0.6 is 11.8 Å². The van der Waals surface area contributed by atoms with Crippen LogP contribution in [0.15, 0.2) is 5.16 Å². The smallest absolute Gasteiger partial charge is 0.378 e. The molecule has 2 N–H and O–H groups in total. The third-order valence-electron chi connectivity index (χ3n) is 1.52. The van der Waals surface area contributed by atoms with Crippen molar-refractivity contribution in [1.29, 1.82) is 0 Å². The van der Waals surface area contributed by atoms with Crippen LogP contribution in [0.3, 0.4) is 0 Å². The number of halogens is 3. The quantitative estimate of drug-likeness (QED) is 0.373. The number of rotatable bonds is 2. The average molecular weight is 254 g/mol. The molecule has 0 bridgehead atoms. The molecule has 1 aromatic rings. The van der Waals surface area contributed by atoms with E-state index >= 15 is 0 Å². The van der Waals surface area contributed by atoms with Crippen LogP contribution in [0.2, 0.25) is 0 Å². The standard InChI is InChI=1S/C6H5F3N4O2S/c1-16-5-11-3(6(7,8)9)2(13(14)15)4(10)12-5/h1H3,(H2,10,11,12). The van der Waals surface area contributed by atoms with Crippen LogP contribution in [0.5, 0.6) is 0 Å². The number of thioether (sulfide) groups is 1. The Labute approximate surface area is 91.2 Å². The van der Waals surface area contributed by atoms with E-state index in [4.69, 9.17) is 5.73 Å². The van der Waals surface area contributed by atoms with Gasteiger partial charge in [-0.3, -0.25) is 10.1 Å². The minimum Gasteiger partial charge on any atom is -0.378 e. The molecule has 88 valence electrons. The van der Waals surface area contributed by atoms with Gasteiger partial charge >= 0.3 is 11.9 Å². The summed E-state index contributed by atoms with van der Waals surface area (Å²) in [6.07, 6.45) is -3.51. The number of nitro groups is 1. The van der Waals surface area contributed by atoms with Gasteiger partial charge in [-0.25, -0.2) is 4.98 Å². The number of anilines is 1. The number of aromatic nitrogens is 2. The Morgan fingerprint density at radius 1 is 1.44 bits per heavy atom. The second-order valence-corrected chi connectivity index (χ2v) is 3.32. The zero-order valence-corrected chi connectivity index (χ0v) is 8.59. The Balaban J connectivity index is 3.53. The number of hydrogen-bond acceptors (Lipinski definition) is 6. The van der Waals surface area contributed by atoms with E-state index in [0.717, 1.165) is 11.8 Å². The summed E-state index contributed by atoms with van der Waals surface area (Å²) >= 11 is 0.809. The lowest BCUT2D eigenvalue weighted by molar-refractivity contribution is -0.387. The maximum atomic E-state index is 12.4. The Bertz CT molecular complexity index is 437. The van der Waals surface area contributed by atoms with Gasteiger partial charge in [0.2, 0.25) is 11.5 Å². The van der Waals surface area contributed by atoms with Gasteiger partial charge in [-0.15, -0.1) is 0 Å². The molecule has 6 nitrogen and oxygen atoms in total. The predicted octanol–water partition coefficient (Wildman–Crippen LogP) is 1.71. The fourth-order valence-corrected chi connectivity index (χ4v) is 1.29. The molecule has 16 heavy (non-hydrogen) atoms. The van der Waals surface area contributed by atoms with Gasteiger partial charge in [0, 0.05) is 0 Å². The van der Waals surface area contributed by atoms with E-state index in [0.29, 0.717) is 0 Å². The van der Waals surface area contributed by atoms with E-state index in [1.807, 2.05) is 0 Å². The van der Waals surface area contributed by atoms with Crippen LogP contribution in [-0.4, -0.2) is 21.1 Å². The zero-order valence-electron chi connectivity index (χ0n) is 7.78. The molecule has 1 heterocycles. The molecule has 0 unspecified atom stereocenters. The van der Waals surface area contributed by atoms with E-state index in [9.17, 15) is 23.3 Å². The predicted molar refractivity (Wildman–Crippen MR) is 49.9 cm³/mol. The zero-order chi connectivity index (χ0) is 12.5. The molecule has 0 fully saturated rings. The number of hydrogen-bond donors (Lipinski definition) is 1. The van der Waals surface area contributed by atoms with E-state index in [1.165, 1.54) is 6.26 Å². The summed E-state index contributed by atoms with van der Waals surface area (Å²) in [6.45, 7) is 0. The molecule has 0 aliphatic rings. The molecule has 0 aliphatic heterocycles. The molecule has 10 heteroatoms. The lowest BCUT2D eigenvalue weighted by Crippen LogP contribution is -2.15. The van der Waals surface area contributed by atoms with Crippen molar-refractivity contribution in [2.75, 3.05) is 12.0 Å². The summed E-state index contributed by atoms with van der Waals surface area (Å²) in [5, 5.41) is 10.2. The molecule has 0 aromatic carbocycles. The second kappa shape index (κ2) is 4.12. The van der Waals surface area contributed by atoms with E-state index < -0.39 is 28.3 Å². The van der Waals surface area contributed by atoms with Crippen LogP contribution in [0.25, 0.3) is 0 Å². The van der Waals surface area contributed by atoms with Crippen LogP contribution in [-0.2, 0) is 6.18 Å². The number of nitrogens with two attached hydrogens (primary N) is 1. The highest BCUT2D eigenvalue weighted by atomic mass is 32.2. The number of nitrogen functional groups attached to an aromatic ring is 1. The van der Waals surface area contributed by atoms with Crippen LogP contribution in [0.1, 0.15) is 5.69 Å². The molecule has 0 saturated heterocycles. The molecule has 0 spiro atoms. The molecular formula is C6H5F3N4O2S. The minimum absolute atomic E-state index is 0.268. The Hall–Kier alpha value is -1.58. The monoisotopic (exact) mass is 254 g/mol. The van der Waals surface area contributed by atoms with Crippen molar-refractivity contribution < 1.29 is 18.1 Å².